The van der Waals surface area contributed by atoms with Crippen LogP contribution in [-0.4, -0.2) is 114 Å². The summed E-state index contributed by atoms with van der Waals surface area (Å²) < 4.78 is 48.7. The Hall–Kier alpha value is -3.58. The van der Waals surface area contributed by atoms with E-state index in [1.165, 1.54) is 34.6 Å². The lowest BCUT2D eigenvalue weighted by atomic mass is 10.1. The summed E-state index contributed by atoms with van der Waals surface area (Å²) in [6.07, 6.45) is -10.6. The summed E-state index contributed by atoms with van der Waals surface area (Å²) in [6.45, 7) is 9.84. The van der Waals surface area contributed by atoms with Crippen molar-refractivity contribution in [1.29, 1.82) is 0 Å². The molecular formula is C29H46O17Si. The number of carbonyl (C=O) groups excluding carboxylic acids is 8. The van der Waals surface area contributed by atoms with Gasteiger partial charge in [-0.3, -0.25) is 24.0 Å². The smallest absolute Gasteiger partial charge is 0.466 e. The van der Waals surface area contributed by atoms with Crippen molar-refractivity contribution in [3.05, 3.63) is 0 Å². The Morgan fingerprint density at radius 3 is 0.979 bits per heavy atom. The van der Waals surface area contributed by atoms with Gasteiger partial charge in [0.1, 0.15) is 17.7 Å². The molecule has 0 saturated carbocycles. The van der Waals surface area contributed by atoms with E-state index in [1.54, 1.807) is 0 Å². The first-order valence-corrected chi connectivity index (χ1v) is 16.7. The zero-order valence-corrected chi connectivity index (χ0v) is 29.1. The van der Waals surface area contributed by atoms with Gasteiger partial charge in [-0.25, -0.2) is 14.4 Å². The summed E-state index contributed by atoms with van der Waals surface area (Å²) in [5, 5.41) is 0. The molecule has 0 spiro atoms. The molecule has 0 aromatic heterocycles. The largest absolute Gasteiger partial charge is 0.682 e. The first kappa shape index (κ1) is 43.4. The average molecular weight is 695 g/mol. The van der Waals surface area contributed by atoms with Gasteiger partial charge < -0.3 is 41.4 Å². The standard InChI is InChI=1S/C29H46O17Si/c1-9-38-25(33)16-23(28(36)41-12-4)45-47(43-21(20(8)32)14-18(6)30,44-22(15-19(7)31)27(35)40-11-3)46-24(29(37)42-13-5)17-26(34)39-10-2/h21-24H,9-17H2,1-8H3. The van der Waals surface area contributed by atoms with Crippen molar-refractivity contribution in [2.24, 2.45) is 0 Å². The molecule has 0 N–H and O–H groups in total. The number of ether oxygens (including phenoxy) is 5. The van der Waals surface area contributed by atoms with Gasteiger partial charge in [0.25, 0.3) is 0 Å². The van der Waals surface area contributed by atoms with E-state index in [0.29, 0.717) is 0 Å². The molecule has 0 aliphatic carbocycles. The van der Waals surface area contributed by atoms with Crippen LogP contribution in [0.3, 0.4) is 0 Å². The molecule has 0 aromatic rings. The highest BCUT2D eigenvalue weighted by molar-refractivity contribution is 6.54. The highest BCUT2D eigenvalue weighted by Crippen LogP contribution is 2.27. The minimum Gasteiger partial charge on any atom is -0.466 e. The molecule has 0 amide bonds. The zero-order chi connectivity index (χ0) is 36.2. The van der Waals surface area contributed by atoms with Gasteiger partial charge in [-0.05, 0) is 55.4 Å². The van der Waals surface area contributed by atoms with Crippen LogP contribution in [0.25, 0.3) is 0 Å². The summed E-state index contributed by atoms with van der Waals surface area (Å²) in [6, 6.07) is 0. The van der Waals surface area contributed by atoms with Gasteiger partial charge in [-0.2, -0.15) is 0 Å². The lowest BCUT2D eigenvalue weighted by molar-refractivity contribution is -0.181. The maximum absolute atomic E-state index is 13.1. The molecule has 0 aromatic carbocycles. The van der Waals surface area contributed by atoms with Crippen LogP contribution in [0.5, 0.6) is 0 Å². The van der Waals surface area contributed by atoms with E-state index >= 15 is 0 Å². The SMILES string of the molecule is CCOC(=O)CC(O[Si](OC(CC(C)=O)C(C)=O)(OC(CC(C)=O)C(=O)OCC)OC(CC(=O)OCC)C(=O)OCC)C(=O)OCC. The van der Waals surface area contributed by atoms with E-state index < -0.39 is 106 Å². The second-order valence-electron chi connectivity index (χ2n) is 9.62. The molecular weight excluding hydrogens is 648 g/mol. The van der Waals surface area contributed by atoms with Crippen molar-refractivity contribution >= 4 is 56.2 Å². The van der Waals surface area contributed by atoms with Crippen LogP contribution in [0.2, 0.25) is 0 Å². The van der Waals surface area contributed by atoms with Gasteiger partial charge in [0, 0.05) is 12.8 Å². The maximum Gasteiger partial charge on any atom is 0.682 e. The molecule has 0 rings (SSSR count). The Kier molecular flexibility index (Phi) is 21.1. The van der Waals surface area contributed by atoms with Gasteiger partial charge in [-0.1, -0.05) is 0 Å². The highest BCUT2D eigenvalue weighted by atomic mass is 28.4. The second-order valence-corrected chi connectivity index (χ2v) is 11.6. The first-order valence-electron chi connectivity index (χ1n) is 15.1. The van der Waals surface area contributed by atoms with Crippen molar-refractivity contribution in [3.63, 3.8) is 0 Å². The quantitative estimate of drug-likeness (QED) is 0.0742. The lowest BCUT2D eigenvalue weighted by Gasteiger charge is -2.36. The molecule has 0 aliphatic heterocycles. The Balaban J connectivity index is 7.70. The third kappa shape index (κ3) is 17.2. The Morgan fingerprint density at radius 1 is 0.426 bits per heavy atom. The van der Waals surface area contributed by atoms with Gasteiger partial charge in [0.2, 0.25) is 0 Å². The van der Waals surface area contributed by atoms with E-state index in [0.717, 1.165) is 20.8 Å². The number of ketones is 3. The van der Waals surface area contributed by atoms with Crippen LogP contribution < -0.4 is 0 Å². The number of hydrogen-bond donors (Lipinski definition) is 0. The molecule has 0 saturated heterocycles. The molecule has 0 fully saturated rings. The van der Waals surface area contributed by atoms with E-state index in [1.807, 2.05) is 0 Å². The molecule has 4 atom stereocenters. The summed E-state index contributed by atoms with van der Waals surface area (Å²) in [5.41, 5.74) is 0. The van der Waals surface area contributed by atoms with Crippen LogP contribution in [0, 0.1) is 0 Å². The number of hydrogen-bond acceptors (Lipinski definition) is 17. The normalized spacial score (nSPS) is 14.7. The Bertz CT molecular complexity index is 1050. The van der Waals surface area contributed by atoms with Gasteiger partial charge >= 0.3 is 38.9 Å². The molecule has 47 heavy (non-hydrogen) atoms. The molecule has 0 radical (unpaired) electrons. The first-order chi connectivity index (χ1) is 22.1. The van der Waals surface area contributed by atoms with Crippen LogP contribution in [0.1, 0.15) is 81.1 Å². The molecule has 0 bridgehead atoms. The van der Waals surface area contributed by atoms with E-state index in [2.05, 4.69) is 0 Å². The lowest BCUT2D eigenvalue weighted by Crippen LogP contribution is -2.61. The van der Waals surface area contributed by atoms with Crippen molar-refractivity contribution < 1.29 is 79.7 Å². The predicted molar refractivity (Wildman–Crippen MR) is 159 cm³/mol. The molecule has 18 heteroatoms. The minimum absolute atomic E-state index is 0.0977. The second kappa shape index (κ2) is 22.9. The molecule has 268 valence electrons. The third-order valence-corrected chi connectivity index (χ3v) is 7.80. The van der Waals surface area contributed by atoms with Crippen molar-refractivity contribution in [1.82, 2.24) is 0 Å². The predicted octanol–water partition coefficient (Wildman–Crippen LogP) is 1.11. The highest BCUT2D eigenvalue weighted by Gasteiger charge is 2.58. The maximum atomic E-state index is 13.1. The number of rotatable bonds is 25. The van der Waals surface area contributed by atoms with Crippen LogP contribution in [0.4, 0.5) is 0 Å². The van der Waals surface area contributed by atoms with Gasteiger partial charge in [0.15, 0.2) is 24.1 Å². The summed E-state index contributed by atoms with van der Waals surface area (Å²) >= 11 is 0. The number of esters is 5. The monoisotopic (exact) mass is 694 g/mol. The fraction of sp³-hybridized carbons (Fsp3) is 0.724. The Morgan fingerprint density at radius 2 is 0.702 bits per heavy atom. The molecule has 4 unspecified atom stereocenters. The zero-order valence-electron chi connectivity index (χ0n) is 28.1. The van der Waals surface area contributed by atoms with Gasteiger partial charge in [0.05, 0.1) is 45.9 Å². The summed E-state index contributed by atoms with van der Waals surface area (Å²) in [5.74, 6) is -7.42. The Labute approximate surface area is 274 Å². The van der Waals surface area contributed by atoms with Gasteiger partial charge in [-0.15, -0.1) is 0 Å². The van der Waals surface area contributed by atoms with Crippen LogP contribution >= 0.6 is 0 Å². The van der Waals surface area contributed by atoms with Crippen molar-refractivity contribution in [3.8, 4) is 0 Å². The van der Waals surface area contributed by atoms with Crippen LogP contribution in [0.15, 0.2) is 0 Å². The van der Waals surface area contributed by atoms with E-state index in [4.69, 9.17) is 41.4 Å². The topological polar surface area (TPSA) is 220 Å². The van der Waals surface area contributed by atoms with Crippen molar-refractivity contribution in [2.75, 3.05) is 33.0 Å². The van der Waals surface area contributed by atoms with Crippen molar-refractivity contribution in [2.45, 2.75) is 105 Å². The summed E-state index contributed by atoms with van der Waals surface area (Å²) in [4.78, 5) is 101. The molecule has 0 heterocycles. The fourth-order valence-corrected chi connectivity index (χ4v) is 6.14. The number of carbonyl (C=O) groups is 8. The minimum atomic E-state index is -5.54. The molecule has 17 nitrogen and oxygen atoms in total. The van der Waals surface area contributed by atoms with E-state index in [-0.39, 0.29) is 33.0 Å². The summed E-state index contributed by atoms with van der Waals surface area (Å²) in [7, 11) is -5.54. The molecule has 0 aliphatic rings. The number of Topliss-reactive ketones (excluding diaryl/α,β-unsaturated/α-hetero) is 3. The average Bonchev–Trinajstić information content (AvgIpc) is 2.96. The van der Waals surface area contributed by atoms with E-state index in [9.17, 15) is 38.4 Å². The third-order valence-electron chi connectivity index (χ3n) is 5.51. The van der Waals surface area contributed by atoms with Crippen LogP contribution in [-0.2, 0) is 79.7 Å². The fourth-order valence-electron chi connectivity index (χ4n) is 3.62.